The van der Waals surface area contributed by atoms with Crippen molar-refractivity contribution in [3.05, 3.63) is 59.2 Å². The van der Waals surface area contributed by atoms with Crippen LogP contribution in [0.3, 0.4) is 0 Å². The van der Waals surface area contributed by atoms with E-state index in [0.717, 1.165) is 24.0 Å². The van der Waals surface area contributed by atoms with Gasteiger partial charge in [-0.3, -0.25) is 4.79 Å². The van der Waals surface area contributed by atoms with Gasteiger partial charge in [-0.15, -0.1) is 0 Å². The lowest BCUT2D eigenvalue weighted by molar-refractivity contribution is -0.121. The molecule has 3 rings (SSSR count). The van der Waals surface area contributed by atoms with Crippen molar-refractivity contribution in [3.8, 4) is 11.5 Å². The number of carbonyl (C=O) groups is 1. The lowest BCUT2D eigenvalue weighted by atomic mass is 9.89. The molecule has 4 nitrogen and oxygen atoms in total. The summed E-state index contributed by atoms with van der Waals surface area (Å²) >= 11 is 0. The highest BCUT2D eigenvalue weighted by Crippen LogP contribution is 2.36. The first-order chi connectivity index (χ1) is 11.2. The molecule has 0 bridgehead atoms. The van der Waals surface area contributed by atoms with Crippen LogP contribution in [0, 0.1) is 0 Å². The summed E-state index contributed by atoms with van der Waals surface area (Å²) < 4.78 is 10.7. The Morgan fingerprint density at radius 2 is 1.78 bits per heavy atom. The first kappa shape index (κ1) is 15.4. The maximum Gasteiger partial charge on any atom is 0.224 e. The molecule has 0 saturated heterocycles. The van der Waals surface area contributed by atoms with E-state index < -0.39 is 0 Å². The van der Waals surface area contributed by atoms with E-state index in [1.807, 2.05) is 30.3 Å². The fraction of sp³-hybridized carbons (Fsp3) is 0.316. The average molecular weight is 311 g/mol. The van der Waals surface area contributed by atoms with E-state index in [0.29, 0.717) is 17.9 Å². The molecule has 1 heterocycles. The van der Waals surface area contributed by atoms with Crippen molar-refractivity contribution in [3.63, 3.8) is 0 Å². The Balaban J connectivity index is 1.86. The van der Waals surface area contributed by atoms with Gasteiger partial charge >= 0.3 is 0 Å². The monoisotopic (exact) mass is 311 g/mol. The minimum atomic E-state index is 0.00580. The van der Waals surface area contributed by atoms with Crippen LogP contribution in [0.25, 0.3) is 0 Å². The Bertz CT molecular complexity index is 697. The Kier molecular flexibility index (Phi) is 4.51. The maximum atomic E-state index is 12.0. The number of amides is 1. The van der Waals surface area contributed by atoms with Crippen LogP contribution < -0.4 is 14.8 Å². The maximum absolute atomic E-state index is 12.0. The fourth-order valence-corrected chi connectivity index (χ4v) is 3.09. The van der Waals surface area contributed by atoms with E-state index in [9.17, 15) is 4.79 Å². The second kappa shape index (κ2) is 6.73. The van der Waals surface area contributed by atoms with E-state index in [1.54, 1.807) is 14.2 Å². The van der Waals surface area contributed by atoms with Crippen LogP contribution >= 0.6 is 0 Å². The molecule has 23 heavy (non-hydrogen) atoms. The predicted molar refractivity (Wildman–Crippen MR) is 88.9 cm³/mol. The average Bonchev–Trinajstić information content (AvgIpc) is 2.59. The van der Waals surface area contributed by atoms with Gasteiger partial charge in [-0.05, 0) is 41.7 Å². The molecule has 0 radical (unpaired) electrons. The Hall–Kier alpha value is -2.49. The van der Waals surface area contributed by atoms with Crippen LogP contribution in [0.4, 0.5) is 0 Å². The van der Waals surface area contributed by atoms with E-state index >= 15 is 0 Å². The number of aryl methyl sites for hydroxylation is 1. The van der Waals surface area contributed by atoms with Gasteiger partial charge in [-0.25, -0.2) is 0 Å². The molecule has 0 unspecified atom stereocenters. The van der Waals surface area contributed by atoms with Crippen molar-refractivity contribution in [1.29, 1.82) is 0 Å². The second-order valence-corrected chi connectivity index (χ2v) is 5.73. The van der Waals surface area contributed by atoms with Gasteiger partial charge in [0, 0.05) is 0 Å². The summed E-state index contributed by atoms with van der Waals surface area (Å²) in [5, 5.41) is 3.10. The Morgan fingerprint density at radius 1 is 1.09 bits per heavy atom. The molecule has 0 spiro atoms. The molecule has 1 aliphatic heterocycles. The lowest BCUT2D eigenvalue weighted by Gasteiger charge is -2.28. The fourth-order valence-electron chi connectivity index (χ4n) is 3.09. The van der Waals surface area contributed by atoms with Crippen molar-refractivity contribution in [2.45, 2.75) is 25.3 Å². The standard InChI is InChI=1S/C19H21NO3/c1-22-17-10-14-11-19(21)20-16(15(14)12-18(17)23-2)9-8-13-6-4-3-5-7-13/h3-7,10,12,16H,8-9,11H2,1-2H3,(H,20,21)/t16-/m0/s1. The number of rotatable bonds is 5. The number of hydrogen-bond acceptors (Lipinski definition) is 3. The summed E-state index contributed by atoms with van der Waals surface area (Å²) in [6.07, 6.45) is 2.16. The smallest absolute Gasteiger partial charge is 0.224 e. The molecule has 1 N–H and O–H groups in total. The number of carbonyl (C=O) groups excluding carboxylic acids is 1. The molecule has 1 atom stereocenters. The molecule has 2 aromatic rings. The number of methoxy groups -OCH3 is 2. The summed E-state index contributed by atoms with van der Waals surface area (Å²) in [5.74, 6) is 1.43. The summed E-state index contributed by atoms with van der Waals surface area (Å²) in [5.41, 5.74) is 3.41. The van der Waals surface area contributed by atoms with Gasteiger partial charge in [0.1, 0.15) is 0 Å². The zero-order valence-corrected chi connectivity index (χ0v) is 13.5. The van der Waals surface area contributed by atoms with Crippen molar-refractivity contribution in [2.24, 2.45) is 0 Å². The zero-order valence-electron chi connectivity index (χ0n) is 13.5. The van der Waals surface area contributed by atoms with E-state index in [1.165, 1.54) is 5.56 Å². The van der Waals surface area contributed by atoms with Crippen LogP contribution in [-0.4, -0.2) is 20.1 Å². The van der Waals surface area contributed by atoms with Crippen LogP contribution in [0.1, 0.15) is 29.2 Å². The molecular formula is C19H21NO3. The minimum Gasteiger partial charge on any atom is -0.493 e. The van der Waals surface area contributed by atoms with Gasteiger partial charge in [0.2, 0.25) is 5.91 Å². The van der Waals surface area contributed by atoms with E-state index in [-0.39, 0.29) is 11.9 Å². The van der Waals surface area contributed by atoms with Crippen molar-refractivity contribution in [1.82, 2.24) is 5.32 Å². The molecule has 4 heteroatoms. The van der Waals surface area contributed by atoms with Gasteiger partial charge < -0.3 is 14.8 Å². The molecule has 2 aromatic carbocycles. The van der Waals surface area contributed by atoms with Crippen LogP contribution in [0.2, 0.25) is 0 Å². The Labute approximate surface area is 136 Å². The van der Waals surface area contributed by atoms with Crippen molar-refractivity contribution in [2.75, 3.05) is 14.2 Å². The summed E-state index contributed by atoms with van der Waals surface area (Å²) in [6.45, 7) is 0. The summed E-state index contributed by atoms with van der Waals surface area (Å²) in [6, 6.07) is 14.2. The van der Waals surface area contributed by atoms with Crippen molar-refractivity contribution >= 4 is 5.91 Å². The van der Waals surface area contributed by atoms with E-state index in [4.69, 9.17) is 9.47 Å². The van der Waals surface area contributed by atoms with Gasteiger partial charge in [0.05, 0.1) is 26.7 Å². The minimum absolute atomic E-state index is 0.00580. The molecule has 1 amide bonds. The first-order valence-electron chi connectivity index (χ1n) is 7.79. The van der Waals surface area contributed by atoms with Gasteiger partial charge in [0.15, 0.2) is 11.5 Å². The molecule has 0 aliphatic carbocycles. The molecule has 0 fully saturated rings. The Morgan fingerprint density at radius 3 is 2.48 bits per heavy atom. The molecular weight excluding hydrogens is 290 g/mol. The van der Waals surface area contributed by atoms with Crippen LogP contribution in [-0.2, 0) is 17.6 Å². The second-order valence-electron chi connectivity index (χ2n) is 5.73. The normalized spacial score (nSPS) is 16.4. The third-order valence-electron chi connectivity index (χ3n) is 4.27. The largest absolute Gasteiger partial charge is 0.493 e. The summed E-state index contributed by atoms with van der Waals surface area (Å²) in [7, 11) is 3.24. The number of nitrogens with one attached hydrogen (secondary N) is 1. The lowest BCUT2D eigenvalue weighted by Crippen LogP contribution is -2.35. The van der Waals surface area contributed by atoms with Crippen molar-refractivity contribution < 1.29 is 14.3 Å². The third kappa shape index (κ3) is 3.31. The highest BCUT2D eigenvalue weighted by molar-refractivity contribution is 5.82. The first-order valence-corrected chi connectivity index (χ1v) is 7.79. The van der Waals surface area contributed by atoms with Gasteiger partial charge in [-0.1, -0.05) is 30.3 Å². The molecule has 120 valence electrons. The highest BCUT2D eigenvalue weighted by Gasteiger charge is 2.26. The van der Waals surface area contributed by atoms with Gasteiger partial charge in [0.25, 0.3) is 0 Å². The molecule has 0 saturated carbocycles. The molecule has 1 aliphatic rings. The third-order valence-corrected chi connectivity index (χ3v) is 4.27. The molecule has 0 aromatic heterocycles. The predicted octanol–water partition coefficient (Wildman–Crippen LogP) is 3.05. The highest BCUT2D eigenvalue weighted by atomic mass is 16.5. The SMILES string of the molecule is COc1cc2c(cc1OC)[C@H](CCc1ccccc1)NC(=O)C2. The topological polar surface area (TPSA) is 47.6 Å². The van der Waals surface area contributed by atoms with Gasteiger partial charge in [-0.2, -0.15) is 0 Å². The van der Waals surface area contributed by atoms with Crippen LogP contribution in [0.15, 0.2) is 42.5 Å². The number of benzene rings is 2. The van der Waals surface area contributed by atoms with Crippen LogP contribution in [0.5, 0.6) is 11.5 Å². The number of hydrogen-bond donors (Lipinski definition) is 1. The summed E-state index contributed by atoms with van der Waals surface area (Å²) in [4.78, 5) is 12.0. The number of ether oxygens (including phenoxy) is 2. The number of fused-ring (bicyclic) bond motifs is 1. The zero-order chi connectivity index (χ0) is 16.2. The van der Waals surface area contributed by atoms with E-state index in [2.05, 4.69) is 17.4 Å². The quantitative estimate of drug-likeness (QED) is 0.923.